The van der Waals surface area contributed by atoms with Crippen LogP contribution in [-0.2, 0) is 6.54 Å². The van der Waals surface area contributed by atoms with Gasteiger partial charge in [-0.1, -0.05) is 12.1 Å². The lowest BCUT2D eigenvalue weighted by molar-refractivity contribution is 0.179. The monoisotopic (exact) mass is 528 g/mol. The smallest absolute Gasteiger partial charge is 0.213 e. The predicted octanol–water partition coefficient (Wildman–Crippen LogP) is 3.67. The molecule has 0 aliphatic heterocycles. The highest BCUT2D eigenvalue weighted by Crippen LogP contribution is 2.20. The number of pyridine rings is 1. The maximum Gasteiger partial charge on any atom is 0.213 e. The highest BCUT2D eigenvalue weighted by Gasteiger charge is 2.10. The van der Waals surface area contributed by atoms with Crippen molar-refractivity contribution < 1.29 is 14.6 Å². The van der Waals surface area contributed by atoms with Crippen molar-refractivity contribution in [3.8, 4) is 11.6 Å². The molecule has 2 aromatic rings. The number of aromatic nitrogens is 1. The number of nitrogens with zero attached hydrogens (tertiary/aromatic N) is 2. The molecule has 30 heavy (non-hydrogen) atoms. The number of hydrogen-bond acceptors (Lipinski definition) is 5. The van der Waals surface area contributed by atoms with Crippen molar-refractivity contribution >= 4 is 29.9 Å². The highest BCUT2D eigenvalue weighted by atomic mass is 127. The van der Waals surface area contributed by atoms with Crippen molar-refractivity contribution in [3.05, 3.63) is 53.7 Å². The summed E-state index contributed by atoms with van der Waals surface area (Å²) in [6, 6.07) is 11.3. The Balaban J connectivity index is 0.00000450. The van der Waals surface area contributed by atoms with Gasteiger partial charge in [-0.15, -0.1) is 24.0 Å². The van der Waals surface area contributed by atoms with Crippen molar-refractivity contribution in [1.29, 1.82) is 0 Å². The Bertz CT molecular complexity index is 786. The quantitative estimate of drug-likeness (QED) is 0.248. The van der Waals surface area contributed by atoms with Gasteiger partial charge in [0.15, 0.2) is 5.96 Å². The zero-order chi connectivity index (χ0) is 21.1. The summed E-state index contributed by atoms with van der Waals surface area (Å²) in [4.78, 5) is 8.75. The SMILES string of the molecule is CCNC(=NCc1ccnc(OCC)c1)NCC(O)c1cccc(OC(C)C)c1.I. The fourth-order valence-electron chi connectivity index (χ4n) is 2.67. The number of rotatable bonds is 10. The van der Waals surface area contributed by atoms with Crippen LogP contribution in [0.4, 0.5) is 0 Å². The van der Waals surface area contributed by atoms with Gasteiger partial charge in [0, 0.05) is 25.4 Å². The molecular formula is C22H33IN4O3. The summed E-state index contributed by atoms with van der Waals surface area (Å²) in [6.07, 6.45) is 1.12. The standard InChI is InChI=1S/C22H32N4O3.HI/c1-5-23-22(25-14-17-10-11-24-21(12-17)28-6-2)26-15-20(27)18-8-7-9-19(13-18)29-16(3)4;/h7-13,16,20,27H,5-6,14-15H2,1-4H3,(H2,23,25,26);1H. The van der Waals surface area contributed by atoms with Gasteiger partial charge in [-0.3, -0.25) is 0 Å². The minimum Gasteiger partial charge on any atom is -0.491 e. The molecule has 1 aromatic heterocycles. The van der Waals surface area contributed by atoms with E-state index in [-0.39, 0.29) is 30.1 Å². The van der Waals surface area contributed by atoms with Crippen LogP contribution in [0.5, 0.6) is 11.6 Å². The van der Waals surface area contributed by atoms with Crippen LogP contribution in [0.25, 0.3) is 0 Å². The lowest BCUT2D eigenvalue weighted by Crippen LogP contribution is -2.39. The number of aliphatic hydroxyl groups excluding tert-OH is 1. The molecule has 0 bridgehead atoms. The number of aliphatic hydroxyl groups is 1. The maximum atomic E-state index is 10.6. The molecular weight excluding hydrogens is 495 g/mol. The lowest BCUT2D eigenvalue weighted by Gasteiger charge is -2.17. The van der Waals surface area contributed by atoms with E-state index in [0.29, 0.717) is 31.5 Å². The molecule has 3 N–H and O–H groups in total. The number of ether oxygens (including phenoxy) is 2. The molecule has 0 saturated heterocycles. The van der Waals surface area contributed by atoms with Gasteiger partial charge in [0.25, 0.3) is 0 Å². The molecule has 166 valence electrons. The van der Waals surface area contributed by atoms with Crippen molar-refractivity contribution in [3.63, 3.8) is 0 Å². The topological polar surface area (TPSA) is 88.0 Å². The summed E-state index contributed by atoms with van der Waals surface area (Å²) in [5.74, 6) is 1.98. The van der Waals surface area contributed by atoms with Crippen LogP contribution < -0.4 is 20.1 Å². The van der Waals surface area contributed by atoms with Gasteiger partial charge in [0.05, 0.1) is 25.4 Å². The van der Waals surface area contributed by atoms with Crippen LogP contribution in [-0.4, -0.2) is 41.9 Å². The molecule has 0 fully saturated rings. The lowest BCUT2D eigenvalue weighted by atomic mass is 10.1. The summed E-state index contributed by atoms with van der Waals surface area (Å²) in [5.41, 5.74) is 1.79. The number of benzene rings is 1. The van der Waals surface area contributed by atoms with E-state index in [2.05, 4.69) is 20.6 Å². The largest absolute Gasteiger partial charge is 0.491 e. The first-order chi connectivity index (χ1) is 14.0. The molecule has 1 aromatic carbocycles. The molecule has 1 unspecified atom stereocenters. The number of hydrogen-bond donors (Lipinski definition) is 3. The number of halogens is 1. The second kappa shape index (κ2) is 14.0. The average Bonchev–Trinajstić information content (AvgIpc) is 2.70. The Morgan fingerprint density at radius 1 is 1.17 bits per heavy atom. The second-order valence-corrected chi connectivity index (χ2v) is 6.77. The molecule has 0 spiro atoms. The first-order valence-corrected chi connectivity index (χ1v) is 10.1. The first kappa shape index (κ1) is 26.0. The van der Waals surface area contributed by atoms with Crippen LogP contribution >= 0.6 is 24.0 Å². The molecule has 8 heteroatoms. The van der Waals surface area contributed by atoms with E-state index in [1.54, 1.807) is 6.20 Å². The van der Waals surface area contributed by atoms with Gasteiger partial charge in [-0.05, 0) is 57.0 Å². The normalized spacial score (nSPS) is 12.1. The van der Waals surface area contributed by atoms with Crippen LogP contribution in [0.2, 0.25) is 0 Å². The van der Waals surface area contributed by atoms with Crippen molar-refractivity contribution in [2.75, 3.05) is 19.7 Å². The molecule has 0 aliphatic rings. The Hall–Kier alpha value is -2.07. The van der Waals surface area contributed by atoms with Crippen molar-refractivity contribution in [2.45, 2.75) is 46.4 Å². The Morgan fingerprint density at radius 2 is 1.97 bits per heavy atom. The fraction of sp³-hybridized carbons (Fsp3) is 0.455. The minimum atomic E-state index is -0.681. The zero-order valence-electron chi connectivity index (χ0n) is 18.1. The molecule has 2 rings (SSSR count). The van der Waals surface area contributed by atoms with Crippen LogP contribution in [0.1, 0.15) is 44.9 Å². The third-order valence-corrected chi connectivity index (χ3v) is 3.93. The molecule has 1 atom stereocenters. The molecule has 0 amide bonds. The van der Waals surface area contributed by atoms with Gasteiger partial charge in [-0.25, -0.2) is 9.98 Å². The first-order valence-electron chi connectivity index (χ1n) is 10.1. The molecule has 1 heterocycles. The summed E-state index contributed by atoms with van der Waals surface area (Å²) in [5, 5.41) is 16.9. The zero-order valence-corrected chi connectivity index (χ0v) is 20.4. The summed E-state index contributed by atoms with van der Waals surface area (Å²) < 4.78 is 11.1. The van der Waals surface area contributed by atoms with E-state index >= 15 is 0 Å². The third-order valence-electron chi connectivity index (χ3n) is 3.93. The van der Waals surface area contributed by atoms with Crippen LogP contribution in [0.3, 0.4) is 0 Å². The molecule has 0 saturated carbocycles. The van der Waals surface area contributed by atoms with Crippen molar-refractivity contribution in [2.24, 2.45) is 4.99 Å². The predicted molar refractivity (Wildman–Crippen MR) is 131 cm³/mol. The molecule has 7 nitrogen and oxygen atoms in total. The third kappa shape index (κ3) is 9.17. The van der Waals surface area contributed by atoms with Gasteiger partial charge in [0.1, 0.15) is 5.75 Å². The van der Waals surface area contributed by atoms with E-state index in [9.17, 15) is 5.11 Å². The average molecular weight is 528 g/mol. The number of guanidine groups is 1. The Morgan fingerprint density at radius 3 is 2.67 bits per heavy atom. The van der Waals surface area contributed by atoms with Gasteiger partial charge >= 0.3 is 0 Å². The van der Waals surface area contributed by atoms with Gasteiger partial charge in [-0.2, -0.15) is 0 Å². The van der Waals surface area contributed by atoms with Gasteiger partial charge < -0.3 is 25.2 Å². The molecule has 0 aliphatic carbocycles. The minimum absolute atomic E-state index is 0. The Labute approximate surface area is 196 Å². The fourth-order valence-corrected chi connectivity index (χ4v) is 2.67. The summed E-state index contributed by atoms with van der Waals surface area (Å²) in [7, 11) is 0. The summed E-state index contributed by atoms with van der Waals surface area (Å²) >= 11 is 0. The van der Waals surface area contributed by atoms with E-state index in [0.717, 1.165) is 23.4 Å². The Kier molecular flexibility index (Phi) is 12.1. The molecule has 0 radical (unpaired) electrons. The highest BCUT2D eigenvalue weighted by molar-refractivity contribution is 14.0. The summed E-state index contributed by atoms with van der Waals surface area (Å²) in [6.45, 7) is 9.98. The maximum absolute atomic E-state index is 10.6. The van der Waals surface area contributed by atoms with Crippen LogP contribution in [0.15, 0.2) is 47.6 Å². The van der Waals surface area contributed by atoms with Crippen LogP contribution in [0, 0.1) is 0 Å². The van der Waals surface area contributed by atoms with E-state index in [4.69, 9.17) is 9.47 Å². The second-order valence-electron chi connectivity index (χ2n) is 6.77. The van der Waals surface area contributed by atoms with E-state index in [1.165, 1.54) is 0 Å². The number of aliphatic imine (C=N–C) groups is 1. The van der Waals surface area contributed by atoms with Crippen molar-refractivity contribution in [1.82, 2.24) is 15.6 Å². The van der Waals surface area contributed by atoms with E-state index in [1.807, 2.05) is 64.1 Å². The van der Waals surface area contributed by atoms with E-state index < -0.39 is 6.10 Å². The number of nitrogens with one attached hydrogen (secondary N) is 2. The van der Waals surface area contributed by atoms with Gasteiger partial charge in [0.2, 0.25) is 5.88 Å².